The van der Waals surface area contributed by atoms with Gasteiger partial charge in [0.15, 0.2) is 0 Å². The highest BCUT2D eigenvalue weighted by Crippen LogP contribution is 2.30. The Labute approximate surface area is 98.9 Å². The van der Waals surface area contributed by atoms with Crippen LogP contribution in [0.15, 0.2) is 0 Å². The zero-order chi connectivity index (χ0) is 12.1. The van der Waals surface area contributed by atoms with Crippen molar-refractivity contribution < 1.29 is 9.53 Å². The van der Waals surface area contributed by atoms with Gasteiger partial charge in [-0.3, -0.25) is 4.79 Å². The van der Waals surface area contributed by atoms with Gasteiger partial charge in [0.1, 0.15) is 12.1 Å². The number of carbonyl (C=O) groups is 1. The Kier molecular flexibility index (Phi) is 5.26. The normalized spacial score (nSPS) is 32.1. The summed E-state index contributed by atoms with van der Waals surface area (Å²) in [6.07, 6.45) is 4.23. The predicted octanol–water partition coefficient (Wildman–Crippen LogP) is 2.35. The first-order chi connectivity index (χ1) is 7.56. The van der Waals surface area contributed by atoms with E-state index in [-0.39, 0.29) is 18.1 Å². The highest BCUT2D eigenvalue weighted by Gasteiger charge is 2.28. The van der Waals surface area contributed by atoms with Gasteiger partial charge in [-0.25, -0.2) is 0 Å². The van der Waals surface area contributed by atoms with Crippen molar-refractivity contribution in [3.05, 3.63) is 0 Å². The lowest BCUT2D eigenvalue weighted by atomic mass is 9.82. The molecule has 1 aliphatic carbocycles. The van der Waals surface area contributed by atoms with Gasteiger partial charge in [-0.2, -0.15) is 0 Å². The average Bonchev–Trinajstić information content (AvgIpc) is 2.17. The standard InChI is InChI=1S/C13H25NO2/c1-5-12(14-4)13(15)16-11-7-9(2)6-10(3)8-11/h9-12,14H,5-8H2,1-4H3. The number of esters is 1. The topological polar surface area (TPSA) is 38.3 Å². The van der Waals surface area contributed by atoms with Crippen LogP contribution in [0.1, 0.15) is 46.5 Å². The summed E-state index contributed by atoms with van der Waals surface area (Å²) < 4.78 is 5.57. The molecular weight excluding hydrogens is 202 g/mol. The molecule has 3 nitrogen and oxygen atoms in total. The van der Waals surface area contributed by atoms with Gasteiger partial charge in [-0.15, -0.1) is 0 Å². The number of ether oxygens (including phenoxy) is 1. The fourth-order valence-electron chi connectivity index (χ4n) is 2.70. The molecule has 3 unspecified atom stereocenters. The first-order valence-corrected chi connectivity index (χ1v) is 6.44. The van der Waals surface area contributed by atoms with E-state index in [1.807, 2.05) is 14.0 Å². The third-order valence-electron chi connectivity index (χ3n) is 3.46. The maximum atomic E-state index is 11.8. The molecule has 1 saturated carbocycles. The largest absolute Gasteiger partial charge is 0.461 e. The Morgan fingerprint density at radius 3 is 2.31 bits per heavy atom. The van der Waals surface area contributed by atoms with Gasteiger partial charge in [-0.1, -0.05) is 20.8 Å². The molecule has 0 aromatic heterocycles. The van der Waals surface area contributed by atoms with Gasteiger partial charge in [-0.05, 0) is 44.6 Å². The second-order valence-corrected chi connectivity index (χ2v) is 5.23. The molecule has 16 heavy (non-hydrogen) atoms. The molecule has 0 saturated heterocycles. The Balaban J connectivity index is 2.43. The van der Waals surface area contributed by atoms with E-state index in [0.29, 0.717) is 11.8 Å². The van der Waals surface area contributed by atoms with Crippen molar-refractivity contribution in [1.82, 2.24) is 5.32 Å². The van der Waals surface area contributed by atoms with Crippen molar-refractivity contribution in [2.24, 2.45) is 11.8 Å². The van der Waals surface area contributed by atoms with Gasteiger partial charge in [0.05, 0.1) is 0 Å². The van der Waals surface area contributed by atoms with Crippen LogP contribution in [0.3, 0.4) is 0 Å². The molecule has 1 aliphatic rings. The van der Waals surface area contributed by atoms with Gasteiger partial charge >= 0.3 is 5.97 Å². The zero-order valence-corrected chi connectivity index (χ0v) is 11.0. The molecule has 0 heterocycles. The van der Waals surface area contributed by atoms with E-state index in [1.165, 1.54) is 6.42 Å². The minimum absolute atomic E-state index is 0.0868. The van der Waals surface area contributed by atoms with Gasteiger partial charge in [0.25, 0.3) is 0 Å². The SMILES string of the molecule is CCC(NC)C(=O)OC1CC(C)CC(C)C1. The maximum absolute atomic E-state index is 11.8. The van der Waals surface area contributed by atoms with Crippen LogP contribution in [0.2, 0.25) is 0 Å². The second kappa shape index (κ2) is 6.24. The Morgan fingerprint density at radius 2 is 1.88 bits per heavy atom. The minimum Gasteiger partial charge on any atom is -0.461 e. The molecule has 0 radical (unpaired) electrons. The quantitative estimate of drug-likeness (QED) is 0.749. The third kappa shape index (κ3) is 3.78. The molecule has 0 aromatic rings. The third-order valence-corrected chi connectivity index (χ3v) is 3.46. The number of hydrogen-bond acceptors (Lipinski definition) is 3. The van der Waals surface area contributed by atoms with Crippen LogP contribution in [0.5, 0.6) is 0 Å². The lowest BCUT2D eigenvalue weighted by molar-refractivity contribution is -0.154. The molecule has 0 aromatic carbocycles. The van der Waals surface area contributed by atoms with Crippen LogP contribution in [-0.4, -0.2) is 25.2 Å². The van der Waals surface area contributed by atoms with Crippen molar-refractivity contribution in [3.63, 3.8) is 0 Å². The monoisotopic (exact) mass is 227 g/mol. The molecule has 3 heteroatoms. The number of carbonyl (C=O) groups excluding carboxylic acids is 1. The Hall–Kier alpha value is -0.570. The van der Waals surface area contributed by atoms with Crippen LogP contribution in [0.25, 0.3) is 0 Å². The molecule has 3 atom stereocenters. The van der Waals surface area contributed by atoms with Crippen LogP contribution in [0.4, 0.5) is 0 Å². The van der Waals surface area contributed by atoms with E-state index in [1.54, 1.807) is 0 Å². The summed E-state index contributed by atoms with van der Waals surface area (Å²) in [7, 11) is 1.81. The van der Waals surface area contributed by atoms with Crippen LogP contribution in [-0.2, 0) is 9.53 Å². The Morgan fingerprint density at radius 1 is 1.31 bits per heavy atom. The lowest BCUT2D eigenvalue weighted by Gasteiger charge is -2.31. The van der Waals surface area contributed by atoms with Crippen LogP contribution in [0, 0.1) is 11.8 Å². The number of rotatable bonds is 4. The molecule has 94 valence electrons. The fourth-order valence-corrected chi connectivity index (χ4v) is 2.70. The number of hydrogen-bond donors (Lipinski definition) is 1. The molecule has 0 aliphatic heterocycles. The molecule has 0 bridgehead atoms. The highest BCUT2D eigenvalue weighted by atomic mass is 16.5. The van der Waals surface area contributed by atoms with Gasteiger partial charge < -0.3 is 10.1 Å². The molecule has 0 amide bonds. The van der Waals surface area contributed by atoms with Crippen molar-refractivity contribution in [2.75, 3.05) is 7.05 Å². The summed E-state index contributed by atoms with van der Waals surface area (Å²) in [5.74, 6) is 1.27. The number of likely N-dealkylation sites (N-methyl/N-ethyl adjacent to an activating group) is 1. The van der Waals surface area contributed by atoms with E-state index < -0.39 is 0 Å². The molecular formula is C13H25NO2. The first kappa shape index (κ1) is 13.5. The minimum atomic E-state index is -0.146. The highest BCUT2D eigenvalue weighted by molar-refractivity contribution is 5.75. The fraction of sp³-hybridized carbons (Fsp3) is 0.923. The van der Waals surface area contributed by atoms with Gasteiger partial charge in [0.2, 0.25) is 0 Å². The molecule has 1 rings (SSSR count). The summed E-state index contributed by atoms with van der Waals surface area (Å²) in [5.41, 5.74) is 0. The zero-order valence-electron chi connectivity index (χ0n) is 11.0. The summed E-state index contributed by atoms with van der Waals surface area (Å²) >= 11 is 0. The van der Waals surface area contributed by atoms with Crippen molar-refractivity contribution in [2.45, 2.75) is 58.6 Å². The first-order valence-electron chi connectivity index (χ1n) is 6.44. The Bertz CT molecular complexity index is 216. The number of nitrogens with one attached hydrogen (secondary N) is 1. The smallest absolute Gasteiger partial charge is 0.323 e. The molecule has 0 spiro atoms. The second-order valence-electron chi connectivity index (χ2n) is 5.23. The van der Waals surface area contributed by atoms with Crippen LogP contribution < -0.4 is 5.32 Å². The molecule has 1 N–H and O–H groups in total. The molecule has 1 fully saturated rings. The van der Waals surface area contributed by atoms with Crippen molar-refractivity contribution in [1.29, 1.82) is 0 Å². The average molecular weight is 227 g/mol. The van der Waals surface area contributed by atoms with E-state index in [4.69, 9.17) is 4.74 Å². The van der Waals surface area contributed by atoms with E-state index in [9.17, 15) is 4.79 Å². The summed E-state index contributed by atoms with van der Waals surface area (Å²) in [6.45, 7) is 6.48. The van der Waals surface area contributed by atoms with E-state index in [2.05, 4.69) is 19.2 Å². The predicted molar refractivity (Wildman–Crippen MR) is 65.2 cm³/mol. The van der Waals surface area contributed by atoms with Gasteiger partial charge in [0, 0.05) is 0 Å². The van der Waals surface area contributed by atoms with Crippen molar-refractivity contribution in [3.8, 4) is 0 Å². The van der Waals surface area contributed by atoms with Crippen molar-refractivity contribution >= 4 is 5.97 Å². The van der Waals surface area contributed by atoms with Crippen LogP contribution >= 0.6 is 0 Å². The summed E-state index contributed by atoms with van der Waals surface area (Å²) in [4.78, 5) is 11.8. The lowest BCUT2D eigenvalue weighted by Crippen LogP contribution is -2.38. The van der Waals surface area contributed by atoms with E-state index >= 15 is 0 Å². The van der Waals surface area contributed by atoms with E-state index in [0.717, 1.165) is 19.3 Å². The maximum Gasteiger partial charge on any atom is 0.323 e. The summed E-state index contributed by atoms with van der Waals surface area (Å²) in [6, 6.07) is -0.146. The summed E-state index contributed by atoms with van der Waals surface area (Å²) in [5, 5.41) is 2.99.